The van der Waals surface area contributed by atoms with E-state index in [1.807, 2.05) is 42.5 Å². The molecule has 29 heavy (non-hydrogen) atoms. The van der Waals surface area contributed by atoms with Crippen LogP contribution in [0.3, 0.4) is 0 Å². The number of carboxylic acid groups (broad SMARTS) is 1. The molecule has 0 amide bonds. The van der Waals surface area contributed by atoms with Gasteiger partial charge in [-0.15, -0.1) is 0 Å². The van der Waals surface area contributed by atoms with Crippen LogP contribution in [0, 0.1) is 11.3 Å². The first-order valence-corrected chi connectivity index (χ1v) is 9.50. The minimum atomic E-state index is -0.955. The molecular formula is C25H20N2O2. The van der Waals surface area contributed by atoms with Gasteiger partial charge in [-0.05, 0) is 72.9 Å². The van der Waals surface area contributed by atoms with Gasteiger partial charge in [-0.1, -0.05) is 36.4 Å². The van der Waals surface area contributed by atoms with E-state index in [4.69, 9.17) is 0 Å². The van der Waals surface area contributed by atoms with Gasteiger partial charge in [0.2, 0.25) is 0 Å². The van der Waals surface area contributed by atoms with Gasteiger partial charge in [-0.2, -0.15) is 5.26 Å². The fourth-order valence-electron chi connectivity index (χ4n) is 3.84. The summed E-state index contributed by atoms with van der Waals surface area (Å²) in [7, 11) is 0. The molecule has 0 unspecified atom stereocenters. The number of fused-ring (bicyclic) bond motifs is 1. The first-order valence-electron chi connectivity index (χ1n) is 9.50. The molecule has 0 radical (unpaired) electrons. The second-order valence-corrected chi connectivity index (χ2v) is 7.14. The smallest absolute Gasteiger partial charge is 0.335 e. The van der Waals surface area contributed by atoms with Gasteiger partial charge >= 0.3 is 5.97 Å². The van der Waals surface area contributed by atoms with Gasteiger partial charge in [0.25, 0.3) is 0 Å². The molecule has 1 aliphatic rings. The number of hydrogen-bond acceptors (Lipinski definition) is 3. The third-order valence-electron chi connectivity index (χ3n) is 5.25. The summed E-state index contributed by atoms with van der Waals surface area (Å²) in [4.78, 5) is 13.7. The van der Waals surface area contributed by atoms with Crippen molar-refractivity contribution in [2.24, 2.45) is 0 Å². The molecule has 1 aliphatic heterocycles. The van der Waals surface area contributed by atoms with Gasteiger partial charge in [0.15, 0.2) is 0 Å². The number of carboxylic acids is 1. The second-order valence-electron chi connectivity index (χ2n) is 7.14. The summed E-state index contributed by atoms with van der Waals surface area (Å²) < 4.78 is 0. The predicted octanol–water partition coefficient (Wildman–Crippen LogP) is 5.77. The zero-order chi connectivity index (χ0) is 20.4. The van der Waals surface area contributed by atoms with E-state index in [-0.39, 0.29) is 5.56 Å². The van der Waals surface area contributed by atoms with E-state index >= 15 is 0 Å². The number of nitrogens with zero attached hydrogens (tertiary/aromatic N) is 2. The van der Waals surface area contributed by atoms with Crippen LogP contribution >= 0.6 is 0 Å². The minimum absolute atomic E-state index is 0.243. The zero-order valence-electron chi connectivity index (χ0n) is 16.1. The number of aromatic carboxylic acids is 1. The van der Waals surface area contributed by atoms with Crippen LogP contribution < -0.4 is 4.90 Å². The summed E-state index contributed by atoms with van der Waals surface area (Å²) in [6.45, 7) is 2.12. The number of carbonyl (C=O) groups is 1. The third-order valence-corrected chi connectivity index (χ3v) is 5.25. The van der Waals surface area contributed by atoms with Gasteiger partial charge in [0.05, 0.1) is 22.9 Å². The standard InChI is InChI=1S/C25H20N2O2/c1-17-10-12-20-14-18(16-26)11-13-23(20)27(24(17)19-6-3-2-4-7-19)22-9-5-8-21(15-22)25(28)29/h2-9,11,13-15H,10,12H2,1H3,(H,28,29). The quantitative estimate of drug-likeness (QED) is 0.626. The Hall–Kier alpha value is -3.84. The van der Waals surface area contributed by atoms with Gasteiger partial charge in [0.1, 0.15) is 0 Å². The van der Waals surface area contributed by atoms with Crippen molar-refractivity contribution in [3.05, 3.63) is 101 Å². The number of benzene rings is 3. The molecule has 1 N–H and O–H groups in total. The highest BCUT2D eigenvalue weighted by molar-refractivity contribution is 5.94. The molecule has 0 bridgehead atoms. The number of aryl methyl sites for hydroxylation is 1. The van der Waals surface area contributed by atoms with Crippen molar-refractivity contribution >= 4 is 23.0 Å². The summed E-state index contributed by atoms with van der Waals surface area (Å²) in [6, 6.07) is 25.1. The van der Waals surface area contributed by atoms with Crippen molar-refractivity contribution < 1.29 is 9.90 Å². The van der Waals surface area contributed by atoms with Crippen LogP contribution in [0.2, 0.25) is 0 Å². The van der Waals surface area contributed by atoms with Crippen molar-refractivity contribution in [1.82, 2.24) is 0 Å². The molecule has 0 saturated carbocycles. The van der Waals surface area contributed by atoms with Crippen LogP contribution in [-0.4, -0.2) is 11.1 Å². The lowest BCUT2D eigenvalue weighted by molar-refractivity contribution is 0.0697. The van der Waals surface area contributed by atoms with Crippen molar-refractivity contribution in [2.45, 2.75) is 19.8 Å². The van der Waals surface area contributed by atoms with E-state index < -0.39 is 5.97 Å². The molecule has 0 spiro atoms. The lowest BCUT2D eigenvalue weighted by atomic mass is 10.0. The predicted molar refractivity (Wildman–Crippen MR) is 114 cm³/mol. The Morgan fingerprint density at radius 1 is 1.00 bits per heavy atom. The fourth-order valence-corrected chi connectivity index (χ4v) is 3.84. The van der Waals surface area contributed by atoms with E-state index in [0.717, 1.165) is 41.0 Å². The lowest BCUT2D eigenvalue weighted by Gasteiger charge is -2.30. The topological polar surface area (TPSA) is 64.3 Å². The highest BCUT2D eigenvalue weighted by Crippen LogP contribution is 2.42. The van der Waals surface area contributed by atoms with Crippen molar-refractivity contribution in [3.63, 3.8) is 0 Å². The van der Waals surface area contributed by atoms with Crippen LogP contribution in [0.15, 0.2) is 78.4 Å². The van der Waals surface area contributed by atoms with Crippen molar-refractivity contribution in [1.29, 1.82) is 5.26 Å². The molecule has 3 aromatic carbocycles. The third kappa shape index (κ3) is 3.51. The van der Waals surface area contributed by atoms with E-state index in [1.165, 1.54) is 5.57 Å². The largest absolute Gasteiger partial charge is 0.478 e. The number of rotatable bonds is 3. The van der Waals surface area contributed by atoms with Gasteiger partial charge < -0.3 is 10.0 Å². The molecule has 4 heteroatoms. The van der Waals surface area contributed by atoms with E-state index in [9.17, 15) is 15.2 Å². The first kappa shape index (κ1) is 18.5. The SMILES string of the molecule is CC1=C(c2ccccc2)N(c2cccc(C(=O)O)c2)c2ccc(C#N)cc2CC1. The summed E-state index contributed by atoms with van der Waals surface area (Å²) in [5.74, 6) is -0.955. The normalized spacial score (nSPS) is 13.4. The van der Waals surface area contributed by atoms with Crippen LogP contribution in [0.1, 0.15) is 40.4 Å². The molecule has 4 rings (SSSR count). The maximum Gasteiger partial charge on any atom is 0.335 e. The van der Waals surface area contributed by atoms with E-state index in [2.05, 4.69) is 30.0 Å². The highest BCUT2D eigenvalue weighted by atomic mass is 16.4. The Bertz CT molecular complexity index is 1160. The van der Waals surface area contributed by atoms with Gasteiger partial charge in [-0.3, -0.25) is 0 Å². The molecular weight excluding hydrogens is 360 g/mol. The average Bonchev–Trinajstić information content (AvgIpc) is 2.90. The molecule has 0 atom stereocenters. The molecule has 0 aromatic heterocycles. The summed E-state index contributed by atoms with van der Waals surface area (Å²) in [6.07, 6.45) is 1.68. The summed E-state index contributed by atoms with van der Waals surface area (Å²) in [5.41, 5.74) is 7.05. The monoisotopic (exact) mass is 380 g/mol. The number of anilines is 2. The number of nitriles is 1. The molecule has 0 aliphatic carbocycles. The highest BCUT2D eigenvalue weighted by Gasteiger charge is 2.25. The fraction of sp³-hybridized carbons (Fsp3) is 0.120. The molecule has 0 fully saturated rings. The second kappa shape index (κ2) is 7.65. The van der Waals surface area contributed by atoms with Crippen LogP contribution in [0.4, 0.5) is 11.4 Å². The van der Waals surface area contributed by atoms with E-state index in [1.54, 1.807) is 18.2 Å². The summed E-state index contributed by atoms with van der Waals surface area (Å²) in [5, 5.41) is 18.8. The Labute approximate surface area is 170 Å². The van der Waals surface area contributed by atoms with Crippen LogP contribution in [0.5, 0.6) is 0 Å². The van der Waals surface area contributed by atoms with Gasteiger partial charge in [-0.25, -0.2) is 4.79 Å². The molecule has 4 nitrogen and oxygen atoms in total. The summed E-state index contributed by atoms with van der Waals surface area (Å²) >= 11 is 0. The van der Waals surface area contributed by atoms with Crippen molar-refractivity contribution in [3.8, 4) is 6.07 Å². The molecule has 3 aromatic rings. The van der Waals surface area contributed by atoms with Crippen LogP contribution in [0.25, 0.3) is 5.70 Å². The Kier molecular flexibility index (Phi) is 4.88. The molecule has 1 heterocycles. The Balaban J connectivity index is 1.99. The van der Waals surface area contributed by atoms with Crippen molar-refractivity contribution in [2.75, 3.05) is 4.90 Å². The lowest BCUT2D eigenvalue weighted by Crippen LogP contribution is -2.17. The van der Waals surface area contributed by atoms with Crippen LogP contribution in [-0.2, 0) is 6.42 Å². The first-order chi connectivity index (χ1) is 14.1. The zero-order valence-corrected chi connectivity index (χ0v) is 16.1. The minimum Gasteiger partial charge on any atom is -0.478 e. The Morgan fingerprint density at radius 2 is 1.79 bits per heavy atom. The number of allylic oxidation sites excluding steroid dienone is 1. The van der Waals surface area contributed by atoms with E-state index in [0.29, 0.717) is 5.56 Å². The average molecular weight is 380 g/mol. The van der Waals surface area contributed by atoms with Gasteiger partial charge in [0, 0.05) is 11.4 Å². The maximum atomic E-state index is 11.6. The maximum absolute atomic E-state index is 11.6. The molecule has 0 saturated heterocycles. The Morgan fingerprint density at radius 3 is 2.52 bits per heavy atom. The molecule has 142 valence electrons. The number of hydrogen-bond donors (Lipinski definition) is 1.